The molecule has 12 heteroatoms. The third-order valence-corrected chi connectivity index (χ3v) is 14.0. The largest absolute Gasteiger partial charge is 0.508 e. The van der Waals surface area contributed by atoms with E-state index in [9.17, 15) is 30.0 Å². The average molecular weight is 981 g/mol. The Hall–Kier alpha value is -7.02. The highest BCUT2D eigenvalue weighted by atomic mass is 16.7. The number of aromatic hydroxyl groups is 4. The second-order valence-electron chi connectivity index (χ2n) is 19.5. The SMILES string of the molecule is Cc1cc(C(c2ccc(OCC(=O)OCOCC3CCC(COCOC(=O)COc4ccc(C(c5cc(C)c(O)cc5C)c5cc(C)c(O)cc5C)cc4)CC3)cc2)c2cc(C)c(O)cc2C)c(C)cc1O. The summed E-state index contributed by atoms with van der Waals surface area (Å²) in [6, 6.07) is 30.3. The number of carbonyl (C=O) groups excluding carboxylic acids is 2. The molecule has 0 heterocycles. The van der Waals surface area contributed by atoms with Gasteiger partial charge in [-0.2, -0.15) is 0 Å². The lowest BCUT2D eigenvalue weighted by molar-refractivity contribution is -0.161. The molecule has 7 rings (SSSR count). The first-order chi connectivity index (χ1) is 34.4. The molecule has 0 atom stereocenters. The molecule has 0 saturated heterocycles. The van der Waals surface area contributed by atoms with Gasteiger partial charge < -0.3 is 48.8 Å². The van der Waals surface area contributed by atoms with Crippen LogP contribution in [0.1, 0.15) is 115 Å². The first-order valence-corrected chi connectivity index (χ1v) is 24.6. The molecular formula is C60H68O12. The Morgan fingerprint density at radius 1 is 0.431 bits per heavy atom. The highest BCUT2D eigenvalue weighted by Gasteiger charge is 2.26. The van der Waals surface area contributed by atoms with Crippen LogP contribution < -0.4 is 9.47 Å². The number of rotatable bonds is 20. The standard InChI is InChI=1S/C60H68O12/c1-35-25-53(61)39(5)21-49(35)59(50-22-40(6)54(62)26-36(50)2)45-13-17-47(18-14-45)69-31-57(65)71-33-67-29-43-9-11-44(12-10-43)30-68-34-72-58(66)32-70-48-19-15-46(16-20-48)60(51-23-41(7)55(63)27-37(51)3)52-24-42(8)56(64)28-38(52)4/h13-28,43-44,59-64H,9-12,29-34H2,1-8H3. The fourth-order valence-electron chi connectivity index (χ4n) is 9.68. The van der Waals surface area contributed by atoms with Crippen molar-refractivity contribution in [1.82, 2.24) is 0 Å². The zero-order chi connectivity index (χ0) is 51.6. The molecule has 1 fully saturated rings. The van der Waals surface area contributed by atoms with Gasteiger partial charge in [0.2, 0.25) is 0 Å². The summed E-state index contributed by atoms with van der Waals surface area (Å²) >= 11 is 0. The summed E-state index contributed by atoms with van der Waals surface area (Å²) in [5.74, 6) is 1.24. The highest BCUT2D eigenvalue weighted by Crippen LogP contribution is 2.42. The van der Waals surface area contributed by atoms with Crippen molar-refractivity contribution < 1.29 is 58.4 Å². The summed E-state index contributed by atoms with van der Waals surface area (Å²) in [4.78, 5) is 25.1. The molecule has 6 aromatic carbocycles. The van der Waals surface area contributed by atoms with E-state index in [2.05, 4.69) is 0 Å². The second kappa shape index (κ2) is 23.9. The summed E-state index contributed by atoms with van der Waals surface area (Å²) < 4.78 is 33.6. The monoisotopic (exact) mass is 980 g/mol. The molecule has 0 spiro atoms. The van der Waals surface area contributed by atoms with Gasteiger partial charge in [-0.1, -0.05) is 48.5 Å². The van der Waals surface area contributed by atoms with Crippen LogP contribution in [0.5, 0.6) is 34.5 Å². The predicted molar refractivity (Wildman–Crippen MR) is 275 cm³/mol. The van der Waals surface area contributed by atoms with Crippen LogP contribution in [-0.2, 0) is 28.5 Å². The van der Waals surface area contributed by atoms with Crippen molar-refractivity contribution in [3.8, 4) is 34.5 Å². The number of hydrogen-bond acceptors (Lipinski definition) is 12. The average Bonchev–Trinajstić information content (AvgIpc) is 3.35. The number of ether oxygens (including phenoxy) is 6. The van der Waals surface area contributed by atoms with Crippen LogP contribution in [0.4, 0.5) is 0 Å². The van der Waals surface area contributed by atoms with Gasteiger partial charge in [-0.3, -0.25) is 0 Å². The summed E-state index contributed by atoms with van der Waals surface area (Å²) in [6.45, 7) is 15.5. The lowest BCUT2D eigenvalue weighted by atomic mass is 9.80. The van der Waals surface area contributed by atoms with Crippen molar-refractivity contribution in [2.45, 2.75) is 92.9 Å². The van der Waals surface area contributed by atoms with Crippen LogP contribution in [0, 0.1) is 67.2 Å². The fourth-order valence-corrected chi connectivity index (χ4v) is 9.68. The summed E-state index contributed by atoms with van der Waals surface area (Å²) in [7, 11) is 0. The van der Waals surface area contributed by atoms with Gasteiger partial charge in [0, 0.05) is 11.8 Å². The van der Waals surface area contributed by atoms with Crippen molar-refractivity contribution in [1.29, 1.82) is 0 Å². The first-order valence-electron chi connectivity index (χ1n) is 24.6. The van der Waals surface area contributed by atoms with Gasteiger partial charge in [-0.25, -0.2) is 9.59 Å². The van der Waals surface area contributed by atoms with Crippen molar-refractivity contribution in [3.63, 3.8) is 0 Å². The number of aryl methyl sites for hydroxylation is 8. The van der Waals surface area contributed by atoms with E-state index in [1.807, 2.05) is 128 Å². The molecule has 0 aromatic heterocycles. The van der Waals surface area contributed by atoms with Gasteiger partial charge in [-0.15, -0.1) is 0 Å². The maximum Gasteiger partial charge on any atom is 0.346 e. The van der Waals surface area contributed by atoms with Crippen LogP contribution in [0.15, 0.2) is 97.1 Å². The summed E-state index contributed by atoms with van der Waals surface area (Å²) in [5, 5.41) is 41.5. The molecule has 1 aliphatic carbocycles. The molecular weight excluding hydrogens is 913 g/mol. The quantitative estimate of drug-likeness (QED) is 0.0247. The van der Waals surface area contributed by atoms with Crippen LogP contribution in [-0.4, -0.2) is 72.4 Å². The number of benzene rings is 6. The van der Waals surface area contributed by atoms with E-state index in [0.29, 0.717) is 36.5 Å². The molecule has 72 heavy (non-hydrogen) atoms. The Balaban J connectivity index is 0.782. The molecule has 1 saturated carbocycles. The third-order valence-electron chi connectivity index (χ3n) is 14.0. The van der Waals surface area contributed by atoms with E-state index in [4.69, 9.17) is 28.4 Å². The van der Waals surface area contributed by atoms with Gasteiger partial charge in [0.1, 0.15) is 34.5 Å². The number of phenols is 4. The molecule has 6 aromatic rings. The van der Waals surface area contributed by atoms with E-state index in [0.717, 1.165) is 104 Å². The molecule has 12 nitrogen and oxygen atoms in total. The molecule has 0 bridgehead atoms. The van der Waals surface area contributed by atoms with Crippen LogP contribution >= 0.6 is 0 Å². The summed E-state index contributed by atoms with van der Waals surface area (Å²) in [6.07, 6.45) is 3.76. The van der Waals surface area contributed by atoms with Crippen LogP contribution in [0.3, 0.4) is 0 Å². The smallest absolute Gasteiger partial charge is 0.346 e. The fraction of sp³-hybridized carbons (Fsp3) is 0.367. The molecule has 0 unspecified atom stereocenters. The lowest BCUT2D eigenvalue weighted by Crippen LogP contribution is -2.24. The van der Waals surface area contributed by atoms with E-state index < -0.39 is 11.9 Å². The van der Waals surface area contributed by atoms with Crippen molar-refractivity contribution in [2.75, 3.05) is 40.0 Å². The zero-order valence-electron chi connectivity index (χ0n) is 42.7. The Morgan fingerprint density at radius 2 is 0.708 bits per heavy atom. The minimum atomic E-state index is -0.539. The molecule has 1 aliphatic rings. The van der Waals surface area contributed by atoms with E-state index in [1.54, 1.807) is 24.3 Å². The number of esters is 2. The van der Waals surface area contributed by atoms with Gasteiger partial charge in [0.15, 0.2) is 26.8 Å². The molecule has 380 valence electrons. The topological polar surface area (TPSA) is 170 Å². The minimum absolute atomic E-state index is 0.162. The Labute approximate surface area is 423 Å². The van der Waals surface area contributed by atoms with Gasteiger partial charge >= 0.3 is 11.9 Å². The Morgan fingerprint density at radius 3 is 0.986 bits per heavy atom. The maximum absolute atomic E-state index is 12.5. The molecule has 0 aliphatic heterocycles. The van der Waals surface area contributed by atoms with Crippen LogP contribution in [0.2, 0.25) is 0 Å². The Kier molecular flexibility index (Phi) is 17.5. The second-order valence-corrected chi connectivity index (χ2v) is 19.5. The van der Waals surface area contributed by atoms with Crippen molar-refractivity contribution in [2.24, 2.45) is 11.8 Å². The number of carbonyl (C=O) groups is 2. The number of hydrogen-bond donors (Lipinski definition) is 4. The maximum atomic E-state index is 12.5. The van der Waals surface area contributed by atoms with E-state index in [1.165, 1.54) is 0 Å². The third kappa shape index (κ3) is 13.3. The molecule has 0 amide bonds. The minimum Gasteiger partial charge on any atom is -0.508 e. The Bertz CT molecular complexity index is 2530. The highest BCUT2D eigenvalue weighted by molar-refractivity contribution is 5.71. The van der Waals surface area contributed by atoms with Crippen molar-refractivity contribution in [3.05, 3.63) is 175 Å². The van der Waals surface area contributed by atoms with Crippen LogP contribution in [0.25, 0.3) is 0 Å². The normalized spacial score (nSPS) is 14.6. The number of phenolic OH excluding ortho intramolecular Hbond substituents is 4. The first kappa shape index (κ1) is 52.8. The summed E-state index contributed by atoms with van der Waals surface area (Å²) in [5.41, 5.74) is 13.0. The molecule has 0 radical (unpaired) electrons. The predicted octanol–water partition coefficient (Wildman–Crippen LogP) is 11.6. The molecule has 4 N–H and O–H groups in total. The van der Waals surface area contributed by atoms with Gasteiger partial charge in [0.25, 0.3) is 0 Å². The van der Waals surface area contributed by atoms with Gasteiger partial charge in [-0.05, 0) is 219 Å². The van der Waals surface area contributed by atoms with E-state index >= 15 is 0 Å². The van der Waals surface area contributed by atoms with E-state index in [-0.39, 0.29) is 61.6 Å². The lowest BCUT2D eigenvalue weighted by Gasteiger charge is -2.28. The van der Waals surface area contributed by atoms with Gasteiger partial charge in [0.05, 0.1) is 13.2 Å². The van der Waals surface area contributed by atoms with Crippen molar-refractivity contribution >= 4 is 11.9 Å². The zero-order valence-corrected chi connectivity index (χ0v) is 42.7.